The van der Waals surface area contributed by atoms with E-state index in [0.29, 0.717) is 17.5 Å². The van der Waals surface area contributed by atoms with Crippen LogP contribution in [-0.4, -0.2) is 71.1 Å². The van der Waals surface area contributed by atoms with Crippen molar-refractivity contribution in [2.45, 2.75) is 57.0 Å². The first-order valence-corrected chi connectivity index (χ1v) is 12.7. The van der Waals surface area contributed by atoms with E-state index in [1.54, 1.807) is 14.2 Å². The predicted octanol–water partition coefficient (Wildman–Crippen LogP) is 4.30. The number of piperazine rings is 1. The molecule has 0 atom stereocenters. The maximum Gasteiger partial charge on any atom is 0.226 e. The highest BCUT2D eigenvalue weighted by atomic mass is 16.5. The van der Waals surface area contributed by atoms with Crippen LogP contribution in [0.5, 0.6) is 11.5 Å². The molecule has 3 aliphatic rings. The second-order valence-electron chi connectivity index (χ2n) is 9.85. The molecule has 3 aromatic rings. The number of nitrogens with zero attached hydrogens (tertiary/aromatic N) is 6. The standard InChI is InChI=1S/C26H34N6O2/c1-33-23-14-21-22(15-24(23)34-2)28-26(31-12-10-30(11-13-31)19-8-9-19)29-25(21)18-16-27-32(17-18)20-6-4-3-5-7-20/h14-17,19-20H,3-13H2,1-2H3. The van der Waals surface area contributed by atoms with Crippen molar-refractivity contribution < 1.29 is 9.47 Å². The fraction of sp³-hybridized carbons (Fsp3) is 0.577. The van der Waals surface area contributed by atoms with E-state index in [1.807, 2.05) is 18.3 Å². The summed E-state index contributed by atoms with van der Waals surface area (Å²) in [5, 5.41) is 5.72. The van der Waals surface area contributed by atoms with Gasteiger partial charge in [0.15, 0.2) is 11.5 Å². The van der Waals surface area contributed by atoms with Crippen molar-refractivity contribution >= 4 is 16.9 Å². The van der Waals surface area contributed by atoms with E-state index in [1.165, 1.54) is 44.9 Å². The quantitative estimate of drug-likeness (QED) is 0.541. The van der Waals surface area contributed by atoms with E-state index in [-0.39, 0.29) is 0 Å². The molecular weight excluding hydrogens is 428 g/mol. The normalized spacial score (nSPS) is 20.1. The Labute approximate surface area is 200 Å². The van der Waals surface area contributed by atoms with Crippen LogP contribution >= 0.6 is 0 Å². The van der Waals surface area contributed by atoms with Crippen LogP contribution in [0.4, 0.5) is 5.95 Å². The smallest absolute Gasteiger partial charge is 0.226 e. The topological polar surface area (TPSA) is 68.5 Å². The molecule has 2 saturated carbocycles. The van der Waals surface area contributed by atoms with Crippen molar-refractivity contribution in [3.05, 3.63) is 24.5 Å². The zero-order valence-electron chi connectivity index (χ0n) is 20.2. The Balaban J connectivity index is 1.40. The number of rotatable bonds is 6. The molecule has 0 amide bonds. The monoisotopic (exact) mass is 462 g/mol. The molecule has 0 spiro atoms. The Kier molecular flexibility index (Phi) is 5.77. The molecule has 0 bridgehead atoms. The summed E-state index contributed by atoms with van der Waals surface area (Å²) >= 11 is 0. The van der Waals surface area contributed by atoms with Gasteiger partial charge in [-0.2, -0.15) is 5.10 Å². The number of hydrogen-bond donors (Lipinski definition) is 0. The average molecular weight is 463 g/mol. The summed E-state index contributed by atoms with van der Waals surface area (Å²) in [5.41, 5.74) is 2.81. The van der Waals surface area contributed by atoms with Gasteiger partial charge in [-0.05, 0) is 31.7 Å². The van der Waals surface area contributed by atoms with Crippen molar-refractivity contribution in [1.82, 2.24) is 24.6 Å². The van der Waals surface area contributed by atoms with Gasteiger partial charge in [0.2, 0.25) is 5.95 Å². The van der Waals surface area contributed by atoms with Gasteiger partial charge in [0, 0.05) is 55.4 Å². The lowest BCUT2D eigenvalue weighted by Crippen LogP contribution is -2.47. The van der Waals surface area contributed by atoms with Crippen molar-refractivity contribution in [3.63, 3.8) is 0 Å². The Morgan fingerprint density at radius 2 is 1.56 bits per heavy atom. The predicted molar refractivity (Wildman–Crippen MR) is 133 cm³/mol. The average Bonchev–Trinajstić information content (AvgIpc) is 3.64. The molecule has 34 heavy (non-hydrogen) atoms. The van der Waals surface area contributed by atoms with Crippen LogP contribution < -0.4 is 14.4 Å². The summed E-state index contributed by atoms with van der Waals surface area (Å²) in [6.07, 6.45) is 13.1. The lowest BCUT2D eigenvalue weighted by Gasteiger charge is -2.35. The highest BCUT2D eigenvalue weighted by Crippen LogP contribution is 2.37. The van der Waals surface area contributed by atoms with Gasteiger partial charge in [0.25, 0.3) is 0 Å². The van der Waals surface area contributed by atoms with E-state index in [9.17, 15) is 0 Å². The Bertz CT molecular complexity index is 1160. The lowest BCUT2D eigenvalue weighted by molar-refractivity contribution is 0.247. The van der Waals surface area contributed by atoms with E-state index >= 15 is 0 Å². The third-order valence-electron chi connectivity index (χ3n) is 7.67. The molecule has 1 saturated heterocycles. The summed E-state index contributed by atoms with van der Waals surface area (Å²) in [6.45, 7) is 4.06. The van der Waals surface area contributed by atoms with Crippen LogP contribution in [0.2, 0.25) is 0 Å². The Morgan fingerprint density at radius 1 is 0.824 bits per heavy atom. The molecule has 3 fully saturated rings. The highest BCUT2D eigenvalue weighted by molar-refractivity contribution is 5.95. The van der Waals surface area contributed by atoms with Crippen LogP contribution in [0, 0.1) is 0 Å². The molecule has 180 valence electrons. The number of hydrogen-bond acceptors (Lipinski definition) is 7. The fourth-order valence-corrected chi connectivity index (χ4v) is 5.54. The van der Waals surface area contributed by atoms with Gasteiger partial charge in [0.05, 0.1) is 37.7 Å². The number of fused-ring (bicyclic) bond motifs is 1. The summed E-state index contributed by atoms with van der Waals surface area (Å²) in [6, 6.07) is 5.25. The van der Waals surface area contributed by atoms with E-state index in [2.05, 4.69) is 20.7 Å². The van der Waals surface area contributed by atoms with Crippen molar-refractivity contribution in [1.29, 1.82) is 0 Å². The zero-order valence-corrected chi connectivity index (χ0v) is 20.2. The van der Waals surface area contributed by atoms with Crippen molar-refractivity contribution in [2.24, 2.45) is 0 Å². The summed E-state index contributed by atoms with van der Waals surface area (Å²) in [7, 11) is 3.33. The molecule has 1 aliphatic heterocycles. The molecule has 2 aromatic heterocycles. The van der Waals surface area contributed by atoms with Crippen molar-refractivity contribution in [3.8, 4) is 22.8 Å². The third kappa shape index (κ3) is 4.08. The fourth-order valence-electron chi connectivity index (χ4n) is 5.54. The molecule has 0 unspecified atom stereocenters. The van der Waals surface area contributed by atoms with E-state index < -0.39 is 0 Å². The van der Waals surface area contributed by atoms with Gasteiger partial charge in [-0.1, -0.05) is 19.3 Å². The minimum absolute atomic E-state index is 0.486. The van der Waals surface area contributed by atoms with Gasteiger partial charge in [-0.15, -0.1) is 0 Å². The number of anilines is 1. The van der Waals surface area contributed by atoms with Crippen LogP contribution in [0.25, 0.3) is 22.2 Å². The van der Waals surface area contributed by atoms with Crippen molar-refractivity contribution in [2.75, 3.05) is 45.3 Å². The SMILES string of the molecule is COc1cc2nc(N3CCN(C4CC4)CC3)nc(-c3cnn(C4CCCCC4)c3)c2cc1OC. The summed E-state index contributed by atoms with van der Waals surface area (Å²) in [5.74, 6) is 2.16. The second kappa shape index (κ2) is 9.06. The van der Waals surface area contributed by atoms with Gasteiger partial charge in [0.1, 0.15) is 0 Å². The maximum atomic E-state index is 5.60. The van der Waals surface area contributed by atoms with Crippen LogP contribution in [-0.2, 0) is 0 Å². The Hall–Kier alpha value is -2.87. The van der Waals surface area contributed by atoms with Gasteiger partial charge in [-0.25, -0.2) is 9.97 Å². The molecule has 0 radical (unpaired) electrons. The van der Waals surface area contributed by atoms with Gasteiger partial charge >= 0.3 is 0 Å². The second-order valence-corrected chi connectivity index (χ2v) is 9.85. The molecule has 1 aromatic carbocycles. The van der Waals surface area contributed by atoms with Gasteiger partial charge < -0.3 is 14.4 Å². The first kappa shape index (κ1) is 21.6. The molecule has 2 aliphatic carbocycles. The molecule has 8 nitrogen and oxygen atoms in total. The minimum Gasteiger partial charge on any atom is -0.493 e. The summed E-state index contributed by atoms with van der Waals surface area (Å²) < 4.78 is 13.3. The Morgan fingerprint density at radius 3 is 2.26 bits per heavy atom. The number of benzene rings is 1. The molecular formula is C26H34N6O2. The van der Waals surface area contributed by atoms with Gasteiger partial charge in [-0.3, -0.25) is 9.58 Å². The molecule has 8 heteroatoms. The number of ether oxygens (including phenoxy) is 2. The third-order valence-corrected chi connectivity index (χ3v) is 7.67. The molecule has 6 rings (SSSR count). The minimum atomic E-state index is 0.486. The van der Waals surface area contributed by atoms with E-state index in [4.69, 9.17) is 24.5 Å². The number of aromatic nitrogens is 4. The summed E-state index contributed by atoms with van der Waals surface area (Å²) in [4.78, 5) is 15.0. The maximum absolute atomic E-state index is 5.60. The largest absolute Gasteiger partial charge is 0.493 e. The van der Waals surface area contributed by atoms with Crippen LogP contribution in [0.3, 0.4) is 0 Å². The lowest BCUT2D eigenvalue weighted by atomic mass is 9.96. The van der Waals surface area contributed by atoms with Crippen LogP contribution in [0.1, 0.15) is 51.0 Å². The highest BCUT2D eigenvalue weighted by Gasteiger charge is 2.32. The first-order chi connectivity index (χ1) is 16.7. The first-order valence-electron chi connectivity index (χ1n) is 12.7. The zero-order chi connectivity index (χ0) is 23.1. The van der Waals surface area contributed by atoms with E-state index in [0.717, 1.165) is 60.3 Å². The van der Waals surface area contributed by atoms with Crippen LogP contribution in [0.15, 0.2) is 24.5 Å². The number of methoxy groups -OCH3 is 2. The molecule has 0 N–H and O–H groups in total. The molecule has 3 heterocycles.